The molecule has 0 saturated carbocycles. The minimum absolute atomic E-state index is 0.928. The van der Waals surface area contributed by atoms with Gasteiger partial charge in [-0.25, -0.2) is 19.2 Å². The lowest BCUT2D eigenvalue weighted by molar-refractivity contribution is -0.170. The number of hydrogen-bond acceptors (Lipinski definition) is 16. The van der Waals surface area contributed by atoms with Gasteiger partial charge in [-0.3, -0.25) is 38.4 Å². The molecular formula is C24H32O28. The van der Waals surface area contributed by atoms with Crippen molar-refractivity contribution in [2.75, 3.05) is 0 Å². The number of aliphatic hydroxyl groups excluding tert-OH is 2. The Balaban J connectivity index is -0.000000295. The molecule has 0 aromatic heterocycles. The van der Waals surface area contributed by atoms with E-state index in [-0.39, 0.29) is 0 Å². The van der Waals surface area contributed by atoms with Crippen LogP contribution in [0.25, 0.3) is 0 Å². The second-order valence-corrected chi connectivity index (χ2v) is 9.61. The van der Waals surface area contributed by atoms with Crippen LogP contribution >= 0.6 is 0 Å². The highest BCUT2D eigenvalue weighted by Crippen LogP contribution is 2.17. The summed E-state index contributed by atoms with van der Waals surface area (Å²) in [5.74, 6) is -23.5. The highest BCUT2D eigenvalue weighted by Gasteiger charge is 2.42. The zero-order chi connectivity index (χ0) is 42.5. The van der Waals surface area contributed by atoms with Crippen molar-refractivity contribution < 1.29 is 139 Å². The first-order valence-corrected chi connectivity index (χ1v) is 12.8. The molecule has 0 aromatic rings. The van der Waals surface area contributed by atoms with Gasteiger partial charge in [0.2, 0.25) is 0 Å². The maximum Gasteiger partial charge on any atom is 0.336 e. The van der Waals surface area contributed by atoms with Crippen LogP contribution in [-0.2, 0) is 57.5 Å². The van der Waals surface area contributed by atoms with E-state index in [0.717, 1.165) is 0 Å². The van der Waals surface area contributed by atoms with Crippen LogP contribution in [0.2, 0.25) is 0 Å². The average Bonchev–Trinajstić information content (AvgIpc) is 2.92. The number of aliphatic hydroxyl groups is 4. The Morgan fingerprint density at radius 3 is 0.635 bits per heavy atom. The van der Waals surface area contributed by atoms with Crippen LogP contribution in [0.4, 0.5) is 0 Å². The molecule has 16 N–H and O–H groups in total. The molecule has 296 valence electrons. The number of hydrogen-bond donors (Lipinski definition) is 16. The third-order valence-corrected chi connectivity index (χ3v) is 5.26. The molecule has 0 saturated heterocycles. The van der Waals surface area contributed by atoms with Crippen molar-refractivity contribution in [1.29, 1.82) is 0 Å². The van der Waals surface area contributed by atoms with Gasteiger partial charge in [-0.15, -0.1) is 0 Å². The van der Waals surface area contributed by atoms with Crippen molar-refractivity contribution in [3.8, 4) is 0 Å². The lowest BCUT2D eigenvalue weighted by Crippen LogP contribution is -2.42. The van der Waals surface area contributed by atoms with Gasteiger partial charge in [0, 0.05) is 0 Å². The summed E-state index contributed by atoms with van der Waals surface area (Å²) in [6.07, 6.45) is -10.8. The maximum absolute atomic E-state index is 10.3. The summed E-state index contributed by atoms with van der Waals surface area (Å²) in [5, 5.41) is 135. The van der Waals surface area contributed by atoms with Gasteiger partial charge in [0.1, 0.15) is 11.8 Å². The number of carboxylic acid groups (broad SMARTS) is 12. The predicted octanol–water partition coefficient (Wildman–Crippen LogP) is -5.28. The normalized spacial score (nSPS) is 12.7. The van der Waals surface area contributed by atoms with Crippen LogP contribution < -0.4 is 0 Å². The van der Waals surface area contributed by atoms with Crippen molar-refractivity contribution >= 4 is 71.6 Å². The van der Waals surface area contributed by atoms with Gasteiger partial charge >= 0.3 is 71.6 Å². The number of carbonyl (C=O) groups is 12. The van der Waals surface area contributed by atoms with Gasteiger partial charge in [0.15, 0.2) is 23.4 Å². The molecule has 0 aliphatic rings. The van der Waals surface area contributed by atoms with E-state index < -0.39 is 145 Å². The van der Waals surface area contributed by atoms with Crippen LogP contribution in [-0.4, -0.2) is 177 Å². The Morgan fingerprint density at radius 1 is 0.346 bits per heavy atom. The summed E-state index contributed by atoms with van der Waals surface area (Å²) in [5.41, 5.74) is -5.48. The minimum Gasteiger partial charge on any atom is -0.481 e. The molecule has 28 nitrogen and oxygen atoms in total. The lowest BCUT2D eigenvalue weighted by atomic mass is 9.96. The molecule has 4 unspecified atom stereocenters. The van der Waals surface area contributed by atoms with Gasteiger partial charge in [0.05, 0.1) is 38.5 Å². The Morgan fingerprint density at radius 2 is 0.538 bits per heavy atom. The van der Waals surface area contributed by atoms with E-state index in [1.54, 1.807) is 0 Å². The van der Waals surface area contributed by atoms with Crippen LogP contribution in [0.5, 0.6) is 0 Å². The Bertz CT molecular complexity index is 1230. The Kier molecular flexibility index (Phi) is 23.9. The molecule has 0 spiro atoms. The first-order valence-electron chi connectivity index (χ1n) is 12.8. The molecule has 0 aliphatic carbocycles. The topological polar surface area (TPSA) is 529 Å². The summed E-state index contributed by atoms with van der Waals surface area (Å²) < 4.78 is 0. The van der Waals surface area contributed by atoms with Crippen molar-refractivity contribution in [3.05, 3.63) is 0 Å². The van der Waals surface area contributed by atoms with Gasteiger partial charge in [-0.2, -0.15) is 0 Å². The second kappa shape index (κ2) is 23.8. The first-order chi connectivity index (χ1) is 23.3. The van der Waals surface area contributed by atoms with Gasteiger partial charge < -0.3 is 81.7 Å². The van der Waals surface area contributed by atoms with Gasteiger partial charge in [-0.1, -0.05) is 0 Å². The number of aliphatic carboxylic acids is 12. The molecule has 0 rings (SSSR count). The second-order valence-electron chi connectivity index (χ2n) is 9.61. The molecule has 0 amide bonds. The standard InChI is InChI=1S/4C6H8O7/c2*7-3(8)1-6(13,5(11)12)2-4(9)10;2*7-3(8)1-2(5(10)11)4(9)6(12)13/h2*13H,1-2H2,(H,7,8)(H,9,10)(H,11,12);2*2,4,9H,1H2,(H,7,8)(H,10,11)(H,12,13). The molecule has 0 radical (unpaired) electrons. The summed E-state index contributed by atoms with van der Waals surface area (Å²) >= 11 is 0. The lowest BCUT2D eigenvalue weighted by Gasteiger charge is -2.18. The summed E-state index contributed by atoms with van der Waals surface area (Å²) in [4.78, 5) is 122. The third kappa shape index (κ3) is 23.7. The zero-order valence-corrected chi connectivity index (χ0v) is 25.6. The van der Waals surface area contributed by atoms with Crippen molar-refractivity contribution in [1.82, 2.24) is 0 Å². The molecule has 52 heavy (non-hydrogen) atoms. The van der Waals surface area contributed by atoms with Gasteiger partial charge in [-0.05, 0) is 0 Å². The quantitative estimate of drug-likeness (QED) is 0.0550. The van der Waals surface area contributed by atoms with Crippen LogP contribution in [0.15, 0.2) is 0 Å². The molecule has 4 atom stereocenters. The molecule has 0 heterocycles. The summed E-state index contributed by atoms with van der Waals surface area (Å²) in [6, 6.07) is 0. The van der Waals surface area contributed by atoms with E-state index in [4.69, 9.17) is 81.7 Å². The Hall–Kier alpha value is -6.52. The predicted molar refractivity (Wildman–Crippen MR) is 148 cm³/mol. The molecule has 0 bridgehead atoms. The minimum atomic E-state index is -2.74. The van der Waals surface area contributed by atoms with Crippen molar-refractivity contribution in [3.63, 3.8) is 0 Å². The molecule has 0 aliphatic heterocycles. The van der Waals surface area contributed by atoms with Crippen LogP contribution in [0, 0.1) is 11.8 Å². The monoisotopic (exact) mass is 768 g/mol. The molecule has 28 heteroatoms. The van der Waals surface area contributed by atoms with Crippen LogP contribution in [0.3, 0.4) is 0 Å². The SMILES string of the molecule is O=C(O)CC(C(=O)O)C(O)C(=O)O.O=C(O)CC(C(=O)O)C(O)C(=O)O.O=C(O)CC(O)(CC(=O)O)C(=O)O.O=C(O)CC(O)(CC(=O)O)C(=O)O. The highest BCUT2D eigenvalue weighted by molar-refractivity contribution is 5.89. The molecule has 0 aromatic carbocycles. The van der Waals surface area contributed by atoms with Crippen LogP contribution in [0.1, 0.15) is 38.5 Å². The van der Waals surface area contributed by atoms with E-state index in [0.29, 0.717) is 0 Å². The fraction of sp³-hybridized carbons (Fsp3) is 0.500. The van der Waals surface area contributed by atoms with Crippen molar-refractivity contribution in [2.45, 2.75) is 61.9 Å². The number of rotatable bonds is 20. The smallest absolute Gasteiger partial charge is 0.336 e. The average molecular weight is 768 g/mol. The highest BCUT2D eigenvalue weighted by atomic mass is 16.4. The molecular weight excluding hydrogens is 736 g/mol. The fourth-order valence-electron chi connectivity index (χ4n) is 2.82. The third-order valence-electron chi connectivity index (χ3n) is 5.26. The Labute approximate surface area is 285 Å². The van der Waals surface area contributed by atoms with E-state index >= 15 is 0 Å². The maximum atomic E-state index is 10.3. The molecule has 0 fully saturated rings. The first kappa shape index (κ1) is 52.3. The van der Waals surface area contributed by atoms with E-state index in [2.05, 4.69) is 0 Å². The largest absolute Gasteiger partial charge is 0.481 e. The fourth-order valence-corrected chi connectivity index (χ4v) is 2.82. The number of carboxylic acids is 12. The van der Waals surface area contributed by atoms with Crippen molar-refractivity contribution in [2.24, 2.45) is 11.8 Å². The summed E-state index contributed by atoms with van der Waals surface area (Å²) in [6.45, 7) is 0. The van der Waals surface area contributed by atoms with E-state index in [1.807, 2.05) is 0 Å². The van der Waals surface area contributed by atoms with E-state index in [1.165, 1.54) is 0 Å². The summed E-state index contributed by atoms with van der Waals surface area (Å²) in [7, 11) is 0. The zero-order valence-electron chi connectivity index (χ0n) is 25.6. The van der Waals surface area contributed by atoms with Gasteiger partial charge in [0.25, 0.3) is 0 Å². The van der Waals surface area contributed by atoms with E-state index in [9.17, 15) is 57.5 Å².